The first kappa shape index (κ1) is 16.6. The van der Waals surface area contributed by atoms with Gasteiger partial charge in [0, 0.05) is 52.9 Å². The number of carbonyl (C=O) groups excluding carboxylic acids is 2. The van der Waals surface area contributed by atoms with Crippen LogP contribution in [0.4, 0.5) is 9.59 Å². The monoisotopic (exact) mass is 284 g/mol. The Kier molecular flexibility index (Phi) is 5.25. The SMILES string of the molecule is CN1CCCN(C(C)(C)C)C1=O.CN1CCN(C)C1=O. The van der Waals surface area contributed by atoms with Crippen molar-refractivity contribution >= 4 is 12.1 Å². The minimum absolute atomic E-state index is 0.0359. The second kappa shape index (κ2) is 6.33. The molecule has 6 heteroatoms. The van der Waals surface area contributed by atoms with Gasteiger partial charge in [0.15, 0.2) is 0 Å². The van der Waals surface area contributed by atoms with E-state index in [1.807, 2.05) is 26.0 Å². The Morgan fingerprint density at radius 3 is 1.50 bits per heavy atom. The maximum Gasteiger partial charge on any atom is 0.320 e. The van der Waals surface area contributed by atoms with Gasteiger partial charge in [0.2, 0.25) is 0 Å². The van der Waals surface area contributed by atoms with Gasteiger partial charge in [0.25, 0.3) is 0 Å². The fourth-order valence-corrected chi connectivity index (χ4v) is 2.27. The van der Waals surface area contributed by atoms with E-state index in [2.05, 4.69) is 20.8 Å². The van der Waals surface area contributed by atoms with Crippen LogP contribution in [0.3, 0.4) is 0 Å². The lowest BCUT2D eigenvalue weighted by molar-refractivity contribution is 0.0936. The number of likely N-dealkylation sites (N-methyl/N-ethyl adjacent to an activating group) is 2. The third-order valence-electron chi connectivity index (χ3n) is 3.67. The van der Waals surface area contributed by atoms with Crippen molar-refractivity contribution in [3.8, 4) is 0 Å². The van der Waals surface area contributed by atoms with Crippen molar-refractivity contribution in [3.63, 3.8) is 0 Å². The van der Waals surface area contributed by atoms with Gasteiger partial charge < -0.3 is 19.6 Å². The zero-order chi connectivity index (χ0) is 15.5. The summed E-state index contributed by atoms with van der Waals surface area (Å²) in [7, 11) is 5.48. The van der Waals surface area contributed by atoms with Gasteiger partial charge in [-0.15, -0.1) is 0 Å². The van der Waals surface area contributed by atoms with Crippen LogP contribution in [0.2, 0.25) is 0 Å². The van der Waals surface area contributed by atoms with Gasteiger partial charge in [0.1, 0.15) is 0 Å². The molecule has 6 nitrogen and oxygen atoms in total. The summed E-state index contributed by atoms with van der Waals surface area (Å²) in [5.41, 5.74) is -0.0359. The highest BCUT2D eigenvalue weighted by atomic mass is 16.2. The lowest BCUT2D eigenvalue weighted by Crippen LogP contribution is -2.55. The summed E-state index contributed by atoms with van der Waals surface area (Å²) >= 11 is 0. The van der Waals surface area contributed by atoms with E-state index in [9.17, 15) is 9.59 Å². The van der Waals surface area contributed by atoms with Gasteiger partial charge in [-0.1, -0.05) is 0 Å². The molecule has 0 bridgehead atoms. The van der Waals surface area contributed by atoms with Gasteiger partial charge in [-0.25, -0.2) is 9.59 Å². The molecule has 2 aliphatic rings. The minimum Gasteiger partial charge on any atom is -0.328 e. The fourth-order valence-electron chi connectivity index (χ4n) is 2.27. The summed E-state index contributed by atoms with van der Waals surface area (Å²) in [6, 6.07) is 0.291. The van der Waals surface area contributed by atoms with Crippen LogP contribution in [0.15, 0.2) is 0 Å². The molecule has 2 saturated heterocycles. The molecular formula is C14H28N4O2. The molecule has 0 saturated carbocycles. The molecule has 2 heterocycles. The standard InChI is InChI=1S/C9H18N2O.C5H10N2O/c1-9(2,3)11-7-5-6-10(4)8(11)12;1-6-3-4-7(2)5(6)8/h5-7H2,1-4H3;3-4H2,1-2H3. The van der Waals surface area contributed by atoms with Gasteiger partial charge in [-0.05, 0) is 27.2 Å². The molecule has 0 N–H and O–H groups in total. The highest BCUT2D eigenvalue weighted by molar-refractivity contribution is 5.76. The van der Waals surface area contributed by atoms with Gasteiger partial charge in [0.05, 0.1) is 0 Å². The predicted octanol–water partition coefficient (Wildman–Crippen LogP) is 1.53. The molecular weight excluding hydrogens is 256 g/mol. The summed E-state index contributed by atoms with van der Waals surface area (Å²) in [4.78, 5) is 29.5. The zero-order valence-electron chi connectivity index (χ0n) is 13.6. The first-order chi connectivity index (χ1) is 9.14. The van der Waals surface area contributed by atoms with Gasteiger partial charge in [-0.3, -0.25) is 0 Å². The van der Waals surface area contributed by atoms with Crippen LogP contribution in [-0.2, 0) is 0 Å². The molecule has 0 radical (unpaired) electrons. The summed E-state index contributed by atoms with van der Waals surface area (Å²) in [5.74, 6) is 0. The van der Waals surface area contributed by atoms with E-state index < -0.39 is 0 Å². The molecule has 116 valence electrons. The molecule has 0 aromatic rings. The quantitative estimate of drug-likeness (QED) is 0.677. The highest BCUT2D eigenvalue weighted by Gasteiger charge is 2.31. The summed E-state index contributed by atoms with van der Waals surface area (Å²) < 4.78 is 0. The molecule has 0 aromatic heterocycles. The Hall–Kier alpha value is -1.46. The molecule has 0 atom stereocenters. The Labute approximate surface area is 122 Å². The van der Waals surface area contributed by atoms with E-state index in [-0.39, 0.29) is 17.6 Å². The van der Waals surface area contributed by atoms with Crippen LogP contribution in [0.1, 0.15) is 27.2 Å². The minimum atomic E-state index is -0.0359. The van der Waals surface area contributed by atoms with Crippen molar-refractivity contribution in [2.75, 3.05) is 47.3 Å². The number of nitrogens with zero attached hydrogens (tertiary/aromatic N) is 4. The number of urea groups is 2. The maximum atomic E-state index is 11.6. The number of rotatable bonds is 0. The lowest BCUT2D eigenvalue weighted by atomic mass is 10.1. The normalized spacial score (nSPS) is 20.3. The van der Waals surface area contributed by atoms with Gasteiger partial charge in [-0.2, -0.15) is 0 Å². The fraction of sp³-hybridized carbons (Fsp3) is 0.857. The Morgan fingerprint density at radius 2 is 1.20 bits per heavy atom. The zero-order valence-corrected chi connectivity index (χ0v) is 13.6. The molecule has 0 aliphatic carbocycles. The number of hydrogen-bond acceptors (Lipinski definition) is 2. The molecule has 0 unspecified atom stereocenters. The Morgan fingerprint density at radius 1 is 0.750 bits per heavy atom. The van der Waals surface area contributed by atoms with E-state index in [0.29, 0.717) is 0 Å². The Bertz CT molecular complexity index is 353. The van der Waals surface area contributed by atoms with Gasteiger partial charge >= 0.3 is 12.1 Å². The Balaban J connectivity index is 0.000000217. The average Bonchev–Trinajstić information content (AvgIpc) is 2.63. The molecule has 0 spiro atoms. The highest BCUT2D eigenvalue weighted by Crippen LogP contribution is 2.18. The van der Waals surface area contributed by atoms with Crippen molar-refractivity contribution in [2.24, 2.45) is 0 Å². The maximum absolute atomic E-state index is 11.6. The van der Waals surface area contributed by atoms with E-state index >= 15 is 0 Å². The van der Waals surface area contributed by atoms with Crippen LogP contribution in [0.25, 0.3) is 0 Å². The van der Waals surface area contributed by atoms with Crippen LogP contribution in [0, 0.1) is 0 Å². The molecule has 2 fully saturated rings. The molecule has 2 rings (SSSR count). The summed E-state index contributed by atoms with van der Waals surface area (Å²) in [6.45, 7) is 9.75. The number of amides is 4. The molecule has 0 aromatic carbocycles. The third-order valence-corrected chi connectivity index (χ3v) is 3.67. The second-order valence-corrected chi connectivity index (χ2v) is 6.51. The van der Waals surface area contributed by atoms with E-state index in [1.165, 1.54) is 0 Å². The third kappa shape index (κ3) is 4.02. The van der Waals surface area contributed by atoms with Crippen LogP contribution >= 0.6 is 0 Å². The second-order valence-electron chi connectivity index (χ2n) is 6.51. The van der Waals surface area contributed by atoms with Crippen molar-refractivity contribution in [1.82, 2.24) is 19.6 Å². The predicted molar refractivity (Wildman–Crippen MR) is 79.8 cm³/mol. The average molecular weight is 284 g/mol. The summed E-state index contributed by atoms with van der Waals surface area (Å²) in [5, 5.41) is 0. The topological polar surface area (TPSA) is 47.1 Å². The van der Waals surface area contributed by atoms with Crippen molar-refractivity contribution in [1.29, 1.82) is 0 Å². The van der Waals surface area contributed by atoms with E-state index in [4.69, 9.17) is 0 Å². The lowest BCUT2D eigenvalue weighted by Gasteiger charge is -2.41. The molecule has 20 heavy (non-hydrogen) atoms. The van der Waals surface area contributed by atoms with Crippen LogP contribution < -0.4 is 0 Å². The first-order valence-corrected chi connectivity index (χ1v) is 7.13. The molecule has 2 aliphatic heterocycles. The van der Waals surface area contributed by atoms with Crippen molar-refractivity contribution < 1.29 is 9.59 Å². The smallest absolute Gasteiger partial charge is 0.320 e. The van der Waals surface area contributed by atoms with Crippen molar-refractivity contribution in [2.45, 2.75) is 32.7 Å². The van der Waals surface area contributed by atoms with E-state index in [0.717, 1.165) is 32.6 Å². The van der Waals surface area contributed by atoms with Crippen molar-refractivity contribution in [3.05, 3.63) is 0 Å². The van der Waals surface area contributed by atoms with Crippen LogP contribution in [0.5, 0.6) is 0 Å². The number of carbonyl (C=O) groups is 2. The summed E-state index contributed by atoms with van der Waals surface area (Å²) in [6.07, 6.45) is 1.08. The van der Waals surface area contributed by atoms with E-state index in [1.54, 1.807) is 14.7 Å². The van der Waals surface area contributed by atoms with Crippen LogP contribution in [-0.4, -0.2) is 84.5 Å². The largest absolute Gasteiger partial charge is 0.328 e. The molecule has 4 amide bonds. The first-order valence-electron chi connectivity index (χ1n) is 7.13. The number of hydrogen-bond donors (Lipinski definition) is 0.